The number of carbonyl (C=O) groups excluding carboxylic acids is 2. The van der Waals surface area contributed by atoms with Gasteiger partial charge in [0.2, 0.25) is 5.91 Å². The van der Waals surface area contributed by atoms with Crippen molar-refractivity contribution in [2.24, 2.45) is 0 Å². The highest BCUT2D eigenvalue weighted by atomic mass is 32.1. The standard InChI is InChI=1S/C18H21N3O3S/c1-12-10-24-17(14-2-3-14)16(12)18(23)21-6-4-20(5-7-21)15(22)8-13-9-19-25-11-13/h9-11,14H,2-8H2,1H3. The molecule has 0 spiro atoms. The minimum Gasteiger partial charge on any atom is -0.468 e. The zero-order valence-electron chi connectivity index (χ0n) is 14.2. The normalized spacial score (nSPS) is 17.8. The molecular formula is C18H21N3O3S. The van der Waals surface area contributed by atoms with Crippen molar-refractivity contribution >= 4 is 23.3 Å². The van der Waals surface area contributed by atoms with Gasteiger partial charge < -0.3 is 14.2 Å². The Kier molecular flexibility index (Phi) is 4.33. The summed E-state index contributed by atoms with van der Waals surface area (Å²) in [7, 11) is 0. The lowest BCUT2D eigenvalue weighted by molar-refractivity contribution is -0.131. The fourth-order valence-corrected chi connectivity index (χ4v) is 3.84. The molecule has 2 amide bonds. The Morgan fingerprint density at radius 1 is 1.24 bits per heavy atom. The van der Waals surface area contributed by atoms with Crippen LogP contribution in [-0.2, 0) is 11.2 Å². The van der Waals surface area contributed by atoms with Crippen molar-refractivity contribution in [3.8, 4) is 0 Å². The van der Waals surface area contributed by atoms with E-state index < -0.39 is 0 Å². The van der Waals surface area contributed by atoms with Crippen LogP contribution in [-0.4, -0.2) is 52.2 Å². The van der Waals surface area contributed by atoms with Gasteiger partial charge in [-0.3, -0.25) is 9.59 Å². The van der Waals surface area contributed by atoms with E-state index in [0.29, 0.717) is 38.5 Å². The lowest BCUT2D eigenvalue weighted by atomic mass is 10.1. The highest BCUT2D eigenvalue weighted by Crippen LogP contribution is 2.43. The molecule has 2 aromatic rings. The van der Waals surface area contributed by atoms with Crippen LogP contribution in [0.2, 0.25) is 0 Å². The van der Waals surface area contributed by atoms with E-state index in [1.54, 1.807) is 12.5 Å². The van der Waals surface area contributed by atoms with Crippen LogP contribution >= 0.6 is 11.5 Å². The van der Waals surface area contributed by atoms with Gasteiger partial charge in [0.25, 0.3) is 5.91 Å². The smallest absolute Gasteiger partial charge is 0.257 e. The van der Waals surface area contributed by atoms with Crippen LogP contribution in [0.1, 0.15) is 46.0 Å². The third-order valence-corrected chi connectivity index (χ3v) is 5.56. The average molecular weight is 359 g/mol. The molecule has 7 heteroatoms. The van der Waals surface area contributed by atoms with Crippen LogP contribution in [0.15, 0.2) is 22.3 Å². The van der Waals surface area contributed by atoms with Crippen molar-refractivity contribution in [1.29, 1.82) is 0 Å². The van der Waals surface area contributed by atoms with E-state index in [2.05, 4.69) is 4.37 Å². The highest BCUT2D eigenvalue weighted by molar-refractivity contribution is 7.03. The number of carbonyl (C=O) groups is 2. The van der Waals surface area contributed by atoms with Crippen LogP contribution in [0.25, 0.3) is 0 Å². The van der Waals surface area contributed by atoms with E-state index >= 15 is 0 Å². The minimum absolute atomic E-state index is 0.0438. The molecule has 6 nitrogen and oxygen atoms in total. The first-order valence-electron chi connectivity index (χ1n) is 8.66. The van der Waals surface area contributed by atoms with Crippen molar-refractivity contribution in [2.75, 3.05) is 26.2 Å². The maximum Gasteiger partial charge on any atom is 0.257 e. The molecule has 1 aliphatic carbocycles. The first-order chi connectivity index (χ1) is 12.1. The number of hydrogen-bond acceptors (Lipinski definition) is 5. The predicted octanol–water partition coefficient (Wildman–Crippen LogP) is 2.45. The Labute approximate surface area is 150 Å². The van der Waals surface area contributed by atoms with Gasteiger partial charge in [-0.25, -0.2) is 4.37 Å². The van der Waals surface area contributed by atoms with Crippen LogP contribution in [0.4, 0.5) is 0 Å². The number of hydrogen-bond donors (Lipinski definition) is 0. The number of rotatable bonds is 4. The van der Waals surface area contributed by atoms with Gasteiger partial charge >= 0.3 is 0 Å². The second kappa shape index (κ2) is 6.63. The van der Waals surface area contributed by atoms with E-state index in [1.165, 1.54) is 11.5 Å². The van der Waals surface area contributed by atoms with Gasteiger partial charge in [0.1, 0.15) is 5.76 Å². The van der Waals surface area contributed by atoms with Crippen molar-refractivity contribution in [3.05, 3.63) is 40.3 Å². The molecule has 0 N–H and O–H groups in total. The highest BCUT2D eigenvalue weighted by Gasteiger charge is 2.35. The number of aryl methyl sites for hydroxylation is 1. The second-order valence-electron chi connectivity index (χ2n) is 6.81. The SMILES string of the molecule is Cc1coc(C2CC2)c1C(=O)N1CCN(C(=O)Cc2cnsc2)CC1. The average Bonchev–Trinajstić information content (AvgIpc) is 3.21. The Morgan fingerprint density at radius 3 is 2.60 bits per heavy atom. The van der Waals surface area contributed by atoms with E-state index in [1.807, 2.05) is 22.1 Å². The molecule has 2 aromatic heterocycles. The number of amides is 2. The molecule has 1 saturated carbocycles. The third-order valence-electron chi connectivity index (χ3n) is 4.92. The fourth-order valence-electron chi connectivity index (χ4n) is 3.30. The molecule has 4 rings (SSSR count). The van der Waals surface area contributed by atoms with Crippen molar-refractivity contribution in [2.45, 2.75) is 32.1 Å². The largest absolute Gasteiger partial charge is 0.468 e. The lowest BCUT2D eigenvalue weighted by Gasteiger charge is -2.35. The Morgan fingerprint density at radius 2 is 1.96 bits per heavy atom. The van der Waals surface area contributed by atoms with Gasteiger partial charge in [-0.2, -0.15) is 0 Å². The molecular weight excluding hydrogens is 338 g/mol. The summed E-state index contributed by atoms with van der Waals surface area (Å²) in [6.07, 6.45) is 6.02. The number of aromatic nitrogens is 1. The predicted molar refractivity (Wildman–Crippen MR) is 93.7 cm³/mol. The molecule has 2 fully saturated rings. The third kappa shape index (κ3) is 3.33. The summed E-state index contributed by atoms with van der Waals surface area (Å²) in [4.78, 5) is 29.0. The Hall–Kier alpha value is -2.15. The van der Waals surface area contributed by atoms with E-state index in [-0.39, 0.29) is 11.8 Å². The van der Waals surface area contributed by atoms with Gasteiger partial charge in [-0.15, -0.1) is 0 Å². The quantitative estimate of drug-likeness (QED) is 0.841. The van der Waals surface area contributed by atoms with E-state index in [9.17, 15) is 9.59 Å². The van der Waals surface area contributed by atoms with E-state index in [0.717, 1.165) is 35.3 Å². The Bertz CT molecular complexity index is 772. The zero-order chi connectivity index (χ0) is 17.4. The summed E-state index contributed by atoms with van der Waals surface area (Å²) in [5, 5.41) is 1.90. The fraction of sp³-hybridized carbons (Fsp3) is 0.500. The molecule has 0 atom stereocenters. The summed E-state index contributed by atoms with van der Waals surface area (Å²) in [6.45, 7) is 4.23. The van der Waals surface area contributed by atoms with Crippen molar-refractivity contribution in [1.82, 2.24) is 14.2 Å². The van der Waals surface area contributed by atoms with Crippen LogP contribution < -0.4 is 0 Å². The van der Waals surface area contributed by atoms with Crippen LogP contribution in [0, 0.1) is 6.92 Å². The monoisotopic (exact) mass is 359 g/mol. The second-order valence-corrected chi connectivity index (χ2v) is 7.47. The van der Waals surface area contributed by atoms with Gasteiger partial charge in [0, 0.05) is 49.2 Å². The lowest BCUT2D eigenvalue weighted by Crippen LogP contribution is -2.51. The molecule has 25 heavy (non-hydrogen) atoms. The molecule has 1 saturated heterocycles. The number of piperazine rings is 1. The Balaban J connectivity index is 1.38. The molecule has 0 unspecified atom stereocenters. The summed E-state index contributed by atoms with van der Waals surface area (Å²) >= 11 is 1.36. The summed E-state index contributed by atoms with van der Waals surface area (Å²) in [5.41, 5.74) is 2.61. The number of furan rings is 1. The summed E-state index contributed by atoms with van der Waals surface area (Å²) in [6, 6.07) is 0. The van der Waals surface area contributed by atoms with Crippen molar-refractivity contribution < 1.29 is 14.0 Å². The van der Waals surface area contributed by atoms with Gasteiger partial charge in [-0.05, 0) is 36.9 Å². The molecule has 0 bridgehead atoms. The summed E-state index contributed by atoms with van der Waals surface area (Å²) in [5.74, 6) is 1.41. The van der Waals surface area contributed by atoms with Crippen molar-refractivity contribution in [3.63, 3.8) is 0 Å². The maximum atomic E-state index is 12.9. The first kappa shape index (κ1) is 16.3. The number of nitrogens with zero attached hydrogens (tertiary/aromatic N) is 3. The molecule has 0 aromatic carbocycles. The van der Waals surface area contributed by atoms with Gasteiger partial charge in [0.05, 0.1) is 18.2 Å². The van der Waals surface area contributed by atoms with Crippen LogP contribution in [0.3, 0.4) is 0 Å². The molecule has 1 aliphatic heterocycles. The maximum absolute atomic E-state index is 12.9. The zero-order valence-corrected chi connectivity index (χ0v) is 15.1. The summed E-state index contributed by atoms with van der Waals surface area (Å²) < 4.78 is 9.66. The molecule has 0 radical (unpaired) electrons. The topological polar surface area (TPSA) is 66.7 Å². The molecule has 132 valence electrons. The molecule has 2 aliphatic rings. The van der Waals surface area contributed by atoms with E-state index in [4.69, 9.17) is 4.42 Å². The van der Waals surface area contributed by atoms with Crippen LogP contribution in [0.5, 0.6) is 0 Å². The first-order valence-corrected chi connectivity index (χ1v) is 9.50. The van der Waals surface area contributed by atoms with Gasteiger partial charge in [0.15, 0.2) is 0 Å². The molecule has 3 heterocycles. The van der Waals surface area contributed by atoms with Gasteiger partial charge in [-0.1, -0.05) is 0 Å². The minimum atomic E-state index is 0.0438.